The Morgan fingerprint density at radius 1 is 1.12 bits per heavy atom. The quantitative estimate of drug-likeness (QED) is 0.862. The van der Waals surface area contributed by atoms with Crippen molar-refractivity contribution < 1.29 is 12.8 Å². The van der Waals surface area contributed by atoms with Gasteiger partial charge in [-0.2, -0.15) is 0 Å². The third kappa shape index (κ3) is 3.28. The first-order valence-electron chi connectivity index (χ1n) is 7.64. The van der Waals surface area contributed by atoms with Crippen molar-refractivity contribution in [1.29, 1.82) is 0 Å². The van der Waals surface area contributed by atoms with Gasteiger partial charge in [0, 0.05) is 25.1 Å². The van der Waals surface area contributed by atoms with Crippen molar-refractivity contribution in [1.82, 2.24) is 4.90 Å². The van der Waals surface area contributed by atoms with E-state index in [2.05, 4.69) is 0 Å². The molecule has 3 rings (SSSR count). The molecule has 0 spiro atoms. The minimum atomic E-state index is -2.60. The van der Waals surface area contributed by atoms with Gasteiger partial charge in [-0.3, -0.25) is 0 Å². The largest absolute Gasteiger partial charge is 0.361 e. The predicted molar refractivity (Wildman–Crippen MR) is 94.8 cm³/mol. The van der Waals surface area contributed by atoms with Crippen LogP contribution < -0.4 is 4.90 Å². The number of anilines is 1. The van der Waals surface area contributed by atoms with Gasteiger partial charge in [0.1, 0.15) is 16.5 Å². The Morgan fingerprint density at radius 2 is 1.88 bits per heavy atom. The van der Waals surface area contributed by atoms with E-state index in [1.807, 2.05) is 47.4 Å². The molecule has 0 radical (unpaired) electrons. The monoisotopic (exact) mass is 346 g/mol. The summed E-state index contributed by atoms with van der Waals surface area (Å²) in [4.78, 5) is 3.93. The molecule has 2 aromatic carbocycles. The number of benzene rings is 2. The van der Waals surface area contributed by atoms with Gasteiger partial charge in [-0.25, -0.2) is 12.8 Å². The lowest BCUT2D eigenvalue weighted by Crippen LogP contribution is -2.21. The zero-order valence-corrected chi connectivity index (χ0v) is 14.4. The van der Waals surface area contributed by atoms with E-state index in [-0.39, 0.29) is 5.82 Å². The van der Waals surface area contributed by atoms with Gasteiger partial charge in [-0.1, -0.05) is 24.3 Å². The van der Waals surface area contributed by atoms with E-state index in [0.29, 0.717) is 17.8 Å². The van der Waals surface area contributed by atoms with Crippen LogP contribution >= 0.6 is 0 Å². The molecule has 0 saturated heterocycles. The minimum Gasteiger partial charge on any atom is -0.361 e. The van der Waals surface area contributed by atoms with Gasteiger partial charge in [0.05, 0.1) is 11.9 Å². The fourth-order valence-electron chi connectivity index (χ4n) is 2.83. The summed E-state index contributed by atoms with van der Waals surface area (Å²) in [6.45, 7) is 2.29. The van der Waals surface area contributed by atoms with Crippen molar-refractivity contribution in [3.05, 3.63) is 66.2 Å². The first-order valence-corrected chi connectivity index (χ1v) is 8.89. The summed E-state index contributed by atoms with van der Waals surface area (Å²) in [6.07, 6.45) is 3.81. The van der Waals surface area contributed by atoms with Crippen LogP contribution in [0, 0.1) is 5.82 Å². The van der Waals surface area contributed by atoms with Gasteiger partial charge in [0.15, 0.2) is 0 Å². The molecule has 1 aliphatic rings. The number of thiol groups is 1. The Labute approximate surface area is 142 Å². The van der Waals surface area contributed by atoms with E-state index in [4.69, 9.17) is 0 Å². The van der Waals surface area contributed by atoms with Crippen molar-refractivity contribution in [2.75, 3.05) is 18.6 Å². The van der Waals surface area contributed by atoms with Crippen molar-refractivity contribution in [3.8, 4) is 11.1 Å². The van der Waals surface area contributed by atoms with Crippen LogP contribution in [0.4, 0.5) is 10.1 Å². The SMILES string of the molecule is CC(c1ccccc1-c1cc(F)cc(N2C=CN(C)C2)c1)[SH](=O)=O. The molecule has 4 nitrogen and oxygen atoms in total. The molecule has 1 heterocycles. The maximum absolute atomic E-state index is 14.2. The highest BCUT2D eigenvalue weighted by molar-refractivity contribution is 7.72. The van der Waals surface area contributed by atoms with Gasteiger partial charge in [-0.15, -0.1) is 0 Å². The summed E-state index contributed by atoms with van der Waals surface area (Å²) in [6, 6.07) is 12.0. The second kappa shape index (κ2) is 6.65. The van der Waals surface area contributed by atoms with Crippen LogP contribution in [0.25, 0.3) is 11.1 Å². The van der Waals surface area contributed by atoms with Crippen molar-refractivity contribution in [2.45, 2.75) is 12.2 Å². The molecule has 0 aromatic heterocycles. The summed E-state index contributed by atoms with van der Waals surface area (Å²) in [5.41, 5.74) is 2.83. The van der Waals surface area contributed by atoms with Crippen molar-refractivity contribution >= 4 is 16.4 Å². The molecule has 24 heavy (non-hydrogen) atoms. The maximum atomic E-state index is 14.2. The smallest absolute Gasteiger partial charge is 0.146 e. The molecule has 1 unspecified atom stereocenters. The van der Waals surface area contributed by atoms with Crippen LogP contribution in [0.15, 0.2) is 54.9 Å². The third-order valence-corrected chi connectivity index (χ3v) is 5.04. The van der Waals surface area contributed by atoms with Gasteiger partial charge in [0.2, 0.25) is 0 Å². The first kappa shape index (κ1) is 16.5. The van der Waals surface area contributed by atoms with E-state index < -0.39 is 16.0 Å². The fourth-order valence-corrected chi connectivity index (χ4v) is 3.28. The summed E-state index contributed by atoms with van der Waals surface area (Å²) in [5.74, 6) is -0.348. The molecule has 0 amide bonds. The van der Waals surface area contributed by atoms with E-state index in [9.17, 15) is 12.8 Å². The average Bonchev–Trinajstić information content (AvgIpc) is 3.00. The summed E-state index contributed by atoms with van der Waals surface area (Å²) in [5, 5.41) is -0.624. The summed E-state index contributed by atoms with van der Waals surface area (Å²) in [7, 11) is -0.654. The zero-order valence-electron chi connectivity index (χ0n) is 13.5. The Hall–Kier alpha value is -2.34. The highest BCUT2D eigenvalue weighted by Gasteiger charge is 2.17. The van der Waals surface area contributed by atoms with Crippen LogP contribution in [0.2, 0.25) is 0 Å². The highest BCUT2D eigenvalue weighted by Crippen LogP contribution is 2.33. The molecule has 0 N–H and O–H groups in total. The molecular formula is C18H19FN2O2S. The Balaban J connectivity index is 2.08. The molecule has 0 fully saturated rings. The van der Waals surface area contributed by atoms with Crippen molar-refractivity contribution in [2.24, 2.45) is 0 Å². The normalized spacial score (nSPS) is 15.3. The highest BCUT2D eigenvalue weighted by atomic mass is 32.2. The molecule has 1 atom stereocenters. The molecule has 0 bridgehead atoms. The topological polar surface area (TPSA) is 40.6 Å². The van der Waals surface area contributed by atoms with Crippen LogP contribution in [-0.2, 0) is 10.7 Å². The number of halogens is 1. The standard InChI is InChI=1S/C18H19FN2O2S/c1-13(24(22)23)17-5-3-4-6-18(17)14-9-15(19)11-16(10-14)21-8-7-20(2)12-21/h3-11,13,24H,12H2,1-2H3. The average molecular weight is 346 g/mol. The molecule has 0 saturated carbocycles. The molecular weight excluding hydrogens is 327 g/mol. The first-order chi connectivity index (χ1) is 11.5. The lowest BCUT2D eigenvalue weighted by molar-refractivity contribution is 0.495. The van der Waals surface area contributed by atoms with Gasteiger partial charge in [-0.05, 0) is 41.8 Å². The second-order valence-electron chi connectivity index (χ2n) is 5.91. The van der Waals surface area contributed by atoms with Crippen LogP contribution in [0.1, 0.15) is 17.7 Å². The fraction of sp³-hybridized carbons (Fsp3) is 0.222. The lowest BCUT2D eigenvalue weighted by Gasteiger charge is -2.20. The Bertz CT molecular complexity index is 856. The molecule has 6 heteroatoms. The maximum Gasteiger partial charge on any atom is 0.146 e. The molecule has 1 aliphatic heterocycles. The summed E-state index contributed by atoms with van der Waals surface area (Å²) < 4.78 is 37.0. The van der Waals surface area contributed by atoms with E-state index >= 15 is 0 Å². The van der Waals surface area contributed by atoms with Crippen LogP contribution in [0.3, 0.4) is 0 Å². The third-order valence-electron chi connectivity index (χ3n) is 4.13. The molecule has 0 aliphatic carbocycles. The summed E-state index contributed by atoms with van der Waals surface area (Å²) >= 11 is 0. The van der Waals surface area contributed by atoms with E-state index in [0.717, 1.165) is 11.3 Å². The number of hydrogen-bond donors (Lipinski definition) is 1. The van der Waals surface area contributed by atoms with Gasteiger partial charge >= 0.3 is 0 Å². The number of nitrogens with zero attached hydrogens (tertiary/aromatic N) is 2. The molecule has 2 aromatic rings. The van der Waals surface area contributed by atoms with E-state index in [1.54, 1.807) is 19.1 Å². The Kier molecular flexibility index (Phi) is 4.57. The number of rotatable bonds is 4. The second-order valence-corrected chi connectivity index (χ2v) is 7.26. The molecule has 126 valence electrons. The lowest BCUT2D eigenvalue weighted by atomic mass is 9.97. The predicted octanol–water partition coefficient (Wildman–Crippen LogP) is 3.35. The van der Waals surface area contributed by atoms with Crippen molar-refractivity contribution in [3.63, 3.8) is 0 Å². The van der Waals surface area contributed by atoms with Gasteiger partial charge < -0.3 is 9.80 Å². The van der Waals surface area contributed by atoms with E-state index in [1.165, 1.54) is 12.1 Å². The zero-order chi connectivity index (χ0) is 17.3. The van der Waals surface area contributed by atoms with Gasteiger partial charge in [0.25, 0.3) is 0 Å². The number of hydrogen-bond acceptors (Lipinski definition) is 4. The van der Waals surface area contributed by atoms with Crippen LogP contribution in [0.5, 0.6) is 0 Å². The Morgan fingerprint density at radius 3 is 2.54 bits per heavy atom. The van der Waals surface area contributed by atoms with Crippen LogP contribution in [-0.4, -0.2) is 27.0 Å². The minimum absolute atomic E-state index is 0.348.